The van der Waals surface area contributed by atoms with Gasteiger partial charge in [-0.15, -0.1) is 0 Å². The van der Waals surface area contributed by atoms with Gasteiger partial charge in [0.15, 0.2) is 5.69 Å². The average molecular weight is 295 g/mol. The van der Waals surface area contributed by atoms with Crippen molar-refractivity contribution in [2.45, 2.75) is 6.92 Å². The second kappa shape index (κ2) is 5.40. The van der Waals surface area contributed by atoms with Crippen LogP contribution >= 0.6 is 0 Å². The molecular formula is C14H19N2O3S+. The summed E-state index contributed by atoms with van der Waals surface area (Å²) < 4.78 is 24.9. The molecule has 0 saturated carbocycles. The molecule has 0 bridgehead atoms. The molecule has 0 spiro atoms. The lowest BCUT2D eigenvalue weighted by atomic mass is 10.2. The van der Waals surface area contributed by atoms with Crippen LogP contribution in [0.2, 0.25) is 0 Å². The smallest absolute Gasteiger partial charge is 0.306 e. The summed E-state index contributed by atoms with van der Waals surface area (Å²) in [5, 5.41) is 9.39. The number of sulfonamides is 1. The van der Waals surface area contributed by atoms with Gasteiger partial charge in [-0.25, -0.2) is 0 Å². The summed E-state index contributed by atoms with van der Waals surface area (Å²) in [5.74, 6) is 0.132. The Morgan fingerprint density at radius 1 is 1.30 bits per heavy atom. The Hall–Kier alpha value is -1.63. The number of hydrogen-bond donors (Lipinski definition) is 2. The van der Waals surface area contributed by atoms with Gasteiger partial charge in [-0.05, 0) is 25.1 Å². The van der Waals surface area contributed by atoms with E-state index in [2.05, 4.69) is 0 Å². The lowest BCUT2D eigenvalue weighted by Crippen LogP contribution is -2.51. The van der Waals surface area contributed by atoms with Crippen LogP contribution in [0, 0.1) is 0 Å². The van der Waals surface area contributed by atoms with E-state index in [9.17, 15) is 13.5 Å². The standard InChI is InChI=1S/C14H18N2O3S/c1-2-20(18,19)16(9-3-4-12(10-15)11-16)13-5-7-14(17)8-6-13/h3-8,11H,2,9-10,15H2,1H3/p+1. The highest BCUT2D eigenvalue weighted by molar-refractivity contribution is 7.91. The molecule has 0 radical (unpaired) electrons. The van der Waals surface area contributed by atoms with Crippen LogP contribution in [0.4, 0.5) is 5.69 Å². The van der Waals surface area contributed by atoms with Crippen molar-refractivity contribution in [3.8, 4) is 5.75 Å². The number of nitrogens with two attached hydrogens (primary N) is 1. The topological polar surface area (TPSA) is 80.4 Å². The molecule has 5 nitrogen and oxygen atoms in total. The molecule has 1 aliphatic rings. The van der Waals surface area contributed by atoms with Gasteiger partial charge in [0.2, 0.25) is 0 Å². The SMILES string of the molecule is CCS(=O)(=O)[N+]1(c2ccc(O)cc2)C=C(CN)C=CC1. The highest BCUT2D eigenvalue weighted by Gasteiger charge is 2.42. The first kappa shape index (κ1) is 14.8. The lowest BCUT2D eigenvalue weighted by Gasteiger charge is -2.34. The van der Waals surface area contributed by atoms with Crippen LogP contribution in [-0.4, -0.2) is 32.4 Å². The van der Waals surface area contributed by atoms with Crippen molar-refractivity contribution >= 4 is 15.7 Å². The molecule has 1 aliphatic heterocycles. The minimum Gasteiger partial charge on any atom is -0.508 e. The predicted molar refractivity (Wildman–Crippen MR) is 80.5 cm³/mol. The van der Waals surface area contributed by atoms with Crippen LogP contribution < -0.4 is 9.62 Å². The van der Waals surface area contributed by atoms with Crippen molar-refractivity contribution in [1.82, 2.24) is 3.89 Å². The molecule has 2 rings (SSSR count). The van der Waals surface area contributed by atoms with Crippen molar-refractivity contribution in [3.05, 3.63) is 48.2 Å². The van der Waals surface area contributed by atoms with Gasteiger partial charge in [-0.1, -0.05) is 6.08 Å². The Bertz CT molecular complexity index is 648. The van der Waals surface area contributed by atoms with Crippen molar-refractivity contribution in [1.29, 1.82) is 0 Å². The minimum atomic E-state index is -3.42. The first-order chi connectivity index (χ1) is 9.45. The van der Waals surface area contributed by atoms with Crippen LogP contribution in [0.15, 0.2) is 48.2 Å². The number of phenols is 1. The van der Waals surface area contributed by atoms with E-state index in [0.717, 1.165) is 5.57 Å². The zero-order chi connectivity index (χ0) is 14.8. The predicted octanol–water partition coefficient (Wildman–Crippen LogP) is 1.46. The Balaban J connectivity index is 2.66. The van der Waals surface area contributed by atoms with E-state index in [4.69, 9.17) is 5.73 Å². The van der Waals surface area contributed by atoms with E-state index >= 15 is 0 Å². The van der Waals surface area contributed by atoms with Gasteiger partial charge in [0, 0.05) is 24.3 Å². The molecule has 0 aromatic heterocycles. The molecule has 1 aromatic carbocycles. The van der Waals surface area contributed by atoms with E-state index < -0.39 is 10.0 Å². The highest BCUT2D eigenvalue weighted by Crippen LogP contribution is 2.33. The first-order valence-corrected chi connectivity index (χ1v) is 8.04. The Morgan fingerprint density at radius 2 is 1.95 bits per heavy atom. The molecule has 20 heavy (non-hydrogen) atoms. The molecule has 1 aromatic rings. The van der Waals surface area contributed by atoms with Gasteiger partial charge in [0.25, 0.3) is 0 Å². The molecule has 1 atom stereocenters. The molecule has 0 fully saturated rings. The van der Waals surface area contributed by atoms with E-state index in [1.54, 1.807) is 25.3 Å². The quantitative estimate of drug-likeness (QED) is 0.824. The van der Waals surface area contributed by atoms with Crippen molar-refractivity contribution < 1.29 is 13.5 Å². The first-order valence-electron chi connectivity index (χ1n) is 6.44. The summed E-state index contributed by atoms with van der Waals surface area (Å²) in [6.07, 6.45) is 5.36. The molecule has 3 N–H and O–H groups in total. The fourth-order valence-electron chi connectivity index (χ4n) is 2.31. The zero-order valence-electron chi connectivity index (χ0n) is 11.4. The van der Waals surface area contributed by atoms with Crippen LogP contribution in [-0.2, 0) is 10.0 Å². The molecule has 108 valence electrons. The third-order valence-corrected chi connectivity index (χ3v) is 5.65. The molecule has 1 heterocycles. The number of rotatable bonds is 4. The van der Waals surface area contributed by atoms with Crippen LogP contribution in [0.1, 0.15) is 6.92 Å². The van der Waals surface area contributed by atoms with Crippen molar-refractivity contribution in [2.24, 2.45) is 5.73 Å². The summed E-state index contributed by atoms with van der Waals surface area (Å²) in [6, 6.07) is 6.25. The number of quaternary nitrogens is 1. The number of nitrogens with zero attached hydrogens (tertiary/aromatic N) is 1. The fourth-order valence-corrected chi connectivity index (χ4v) is 3.83. The molecule has 0 saturated heterocycles. The van der Waals surface area contributed by atoms with Crippen LogP contribution in [0.5, 0.6) is 5.75 Å². The summed E-state index contributed by atoms with van der Waals surface area (Å²) >= 11 is 0. The average Bonchev–Trinajstić information content (AvgIpc) is 2.47. The Morgan fingerprint density at radius 3 is 2.50 bits per heavy atom. The summed E-state index contributed by atoms with van der Waals surface area (Å²) in [4.78, 5) is 0. The lowest BCUT2D eigenvalue weighted by molar-refractivity contribution is 0.473. The van der Waals surface area contributed by atoms with Crippen LogP contribution in [0.3, 0.4) is 0 Å². The van der Waals surface area contributed by atoms with Crippen molar-refractivity contribution in [3.63, 3.8) is 0 Å². The van der Waals surface area contributed by atoms with Gasteiger partial charge < -0.3 is 10.8 Å². The maximum absolute atomic E-state index is 12.6. The van der Waals surface area contributed by atoms with Gasteiger partial charge in [0.1, 0.15) is 18.5 Å². The van der Waals surface area contributed by atoms with E-state index in [1.165, 1.54) is 12.1 Å². The van der Waals surface area contributed by atoms with E-state index in [0.29, 0.717) is 12.2 Å². The van der Waals surface area contributed by atoms with Gasteiger partial charge >= 0.3 is 10.0 Å². The fraction of sp³-hybridized carbons (Fsp3) is 0.286. The minimum absolute atomic E-state index is 0.0239. The zero-order valence-corrected chi connectivity index (χ0v) is 12.2. The third kappa shape index (κ3) is 2.37. The second-order valence-electron chi connectivity index (χ2n) is 4.68. The Kier molecular flexibility index (Phi) is 3.99. The monoisotopic (exact) mass is 295 g/mol. The van der Waals surface area contributed by atoms with Gasteiger partial charge in [-0.2, -0.15) is 12.3 Å². The second-order valence-corrected chi connectivity index (χ2v) is 7.07. The van der Waals surface area contributed by atoms with Crippen molar-refractivity contribution in [2.75, 3.05) is 18.8 Å². The third-order valence-electron chi connectivity index (χ3n) is 3.47. The largest absolute Gasteiger partial charge is 0.508 e. The maximum Gasteiger partial charge on any atom is 0.306 e. The number of benzene rings is 1. The van der Waals surface area contributed by atoms with Gasteiger partial charge in [0.05, 0.1) is 5.75 Å². The Labute approximate surface area is 119 Å². The van der Waals surface area contributed by atoms with E-state index in [1.807, 2.05) is 12.2 Å². The van der Waals surface area contributed by atoms with Crippen LogP contribution in [0.25, 0.3) is 0 Å². The van der Waals surface area contributed by atoms with Gasteiger partial charge in [-0.3, -0.25) is 0 Å². The molecule has 0 aliphatic carbocycles. The molecule has 6 heteroatoms. The number of hydrogen-bond acceptors (Lipinski definition) is 4. The summed E-state index contributed by atoms with van der Waals surface area (Å²) in [6.45, 7) is 2.24. The summed E-state index contributed by atoms with van der Waals surface area (Å²) in [7, 11) is -3.42. The molecule has 1 unspecified atom stereocenters. The molecular weight excluding hydrogens is 276 g/mol. The molecule has 0 amide bonds. The normalized spacial score (nSPS) is 22.6. The maximum atomic E-state index is 12.6. The number of aromatic hydroxyl groups is 1. The highest BCUT2D eigenvalue weighted by atomic mass is 32.2. The number of phenolic OH excluding ortho intramolecular Hbond substituents is 1. The van der Waals surface area contributed by atoms with E-state index in [-0.39, 0.29) is 21.9 Å². The summed E-state index contributed by atoms with van der Waals surface area (Å²) in [5.41, 5.74) is 7.02.